The molecule has 1 aliphatic heterocycles. The molecule has 0 spiro atoms. The van der Waals surface area contributed by atoms with Crippen LogP contribution in [-0.2, 0) is 6.42 Å². The van der Waals surface area contributed by atoms with E-state index in [1.165, 1.54) is 58.2 Å². The zero-order valence-corrected chi connectivity index (χ0v) is 15.0. The fourth-order valence-electron chi connectivity index (χ4n) is 3.52. The number of aromatic nitrogens is 3. The van der Waals surface area contributed by atoms with Crippen molar-refractivity contribution in [3.63, 3.8) is 0 Å². The molecule has 0 aliphatic carbocycles. The van der Waals surface area contributed by atoms with Crippen molar-refractivity contribution >= 4 is 0 Å². The summed E-state index contributed by atoms with van der Waals surface area (Å²) >= 11 is 0. The van der Waals surface area contributed by atoms with E-state index in [-0.39, 0.29) is 6.61 Å². The number of nitrogens with zero attached hydrogens (tertiary/aromatic N) is 4. The lowest BCUT2D eigenvalue weighted by molar-refractivity contribution is 0.151. The van der Waals surface area contributed by atoms with Crippen LogP contribution < -0.4 is 0 Å². The molecule has 0 saturated carbocycles. The van der Waals surface area contributed by atoms with Crippen LogP contribution in [0.15, 0.2) is 6.20 Å². The van der Waals surface area contributed by atoms with Crippen molar-refractivity contribution in [2.45, 2.75) is 71.3 Å². The third kappa shape index (κ3) is 5.88. The molecule has 1 aliphatic rings. The highest BCUT2D eigenvalue weighted by Crippen LogP contribution is 2.24. The lowest BCUT2D eigenvalue weighted by atomic mass is 9.97. The fourth-order valence-corrected chi connectivity index (χ4v) is 3.52. The maximum Gasteiger partial charge on any atom is 0.0828 e. The fraction of sp³-hybridized carbons (Fsp3) is 0.889. The van der Waals surface area contributed by atoms with Gasteiger partial charge in [0.15, 0.2) is 0 Å². The van der Waals surface area contributed by atoms with E-state index < -0.39 is 0 Å². The summed E-state index contributed by atoms with van der Waals surface area (Å²) in [6.45, 7) is 8.46. The Bertz CT molecular complexity index is 426. The van der Waals surface area contributed by atoms with E-state index in [0.29, 0.717) is 6.04 Å². The summed E-state index contributed by atoms with van der Waals surface area (Å²) in [5, 5.41) is 17.4. The Morgan fingerprint density at radius 3 is 2.70 bits per heavy atom. The van der Waals surface area contributed by atoms with E-state index in [4.69, 9.17) is 5.11 Å². The zero-order valence-electron chi connectivity index (χ0n) is 15.0. The Morgan fingerprint density at radius 2 is 2.04 bits per heavy atom. The third-order valence-corrected chi connectivity index (χ3v) is 5.14. The van der Waals surface area contributed by atoms with Gasteiger partial charge in [-0.15, -0.1) is 5.10 Å². The van der Waals surface area contributed by atoms with Gasteiger partial charge in [-0.3, -0.25) is 0 Å². The van der Waals surface area contributed by atoms with Crippen LogP contribution >= 0.6 is 0 Å². The summed E-state index contributed by atoms with van der Waals surface area (Å²) in [5.74, 6) is 0.864. The molecule has 23 heavy (non-hydrogen) atoms. The normalized spacial score (nSPS) is 18.4. The molecule has 0 bridgehead atoms. The minimum absolute atomic E-state index is 0.224. The first-order valence-electron chi connectivity index (χ1n) is 9.50. The standard InChI is InChI=1S/C18H34N4O/c1-3-5-7-16(4-2)14-21-11-9-18(10-12-21)22-15-17(19-20-22)8-6-13-23/h15-16,18,23H,3-14H2,1-2H3. The van der Waals surface area contributed by atoms with Crippen molar-refractivity contribution in [3.05, 3.63) is 11.9 Å². The number of likely N-dealkylation sites (tertiary alicyclic amines) is 1. The molecule has 0 aromatic carbocycles. The lowest BCUT2D eigenvalue weighted by Crippen LogP contribution is -2.37. The third-order valence-electron chi connectivity index (χ3n) is 5.14. The predicted molar refractivity (Wildman–Crippen MR) is 93.4 cm³/mol. The van der Waals surface area contributed by atoms with Crippen LogP contribution in [0.1, 0.15) is 70.5 Å². The number of aryl methyl sites for hydroxylation is 1. The molecule has 1 saturated heterocycles. The number of hydrogen-bond donors (Lipinski definition) is 1. The summed E-state index contributed by atoms with van der Waals surface area (Å²) in [6, 6.07) is 0.498. The predicted octanol–water partition coefficient (Wildman–Crippen LogP) is 3.06. The highest BCUT2D eigenvalue weighted by molar-refractivity contribution is 4.94. The minimum atomic E-state index is 0.224. The first-order valence-corrected chi connectivity index (χ1v) is 9.50. The average molecular weight is 322 g/mol. The van der Waals surface area contributed by atoms with Crippen molar-refractivity contribution in [2.75, 3.05) is 26.2 Å². The van der Waals surface area contributed by atoms with E-state index in [9.17, 15) is 0 Å². The van der Waals surface area contributed by atoms with Gasteiger partial charge < -0.3 is 10.0 Å². The molecule has 1 atom stereocenters. The van der Waals surface area contributed by atoms with Crippen molar-refractivity contribution in [1.29, 1.82) is 0 Å². The van der Waals surface area contributed by atoms with Gasteiger partial charge in [0.1, 0.15) is 0 Å². The molecule has 1 N–H and O–H groups in total. The highest BCUT2D eigenvalue weighted by Gasteiger charge is 2.23. The van der Waals surface area contributed by atoms with Crippen LogP contribution in [0.4, 0.5) is 0 Å². The Hall–Kier alpha value is -0.940. The average Bonchev–Trinajstić information content (AvgIpc) is 3.06. The molecule has 1 unspecified atom stereocenters. The van der Waals surface area contributed by atoms with Crippen molar-refractivity contribution in [2.24, 2.45) is 5.92 Å². The summed E-state index contributed by atoms with van der Waals surface area (Å²) in [4.78, 5) is 2.64. The van der Waals surface area contributed by atoms with Gasteiger partial charge in [0.2, 0.25) is 0 Å². The number of piperidine rings is 1. The highest BCUT2D eigenvalue weighted by atomic mass is 16.2. The summed E-state index contributed by atoms with van der Waals surface area (Å²) in [5.41, 5.74) is 1.01. The van der Waals surface area contributed by atoms with Crippen molar-refractivity contribution in [3.8, 4) is 0 Å². The first kappa shape index (κ1) is 18.4. The van der Waals surface area contributed by atoms with Gasteiger partial charge in [-0.2, -0.15) is 0 Å². The molecular formula is C18H34N4O. The molecular weight excluding hydrogens is 288 g/mol. The number of aliphatic hydroxyl groups is 1. The molecule has 2 rings (SSSR count). The van der Waals surface area contributed by atoms with Crippen LogP contribution in [0.2, 0.25) is 0 Å². The molecule has 5 heteroatoms. The molecule has 132 valence electrons. The second-order valence-electron chi connectivity index (χ2n) is 6.97. The largest absolute Gasteiger partial charge is 0.396 e. The number of hydrogen-bond acceptors (Lipinski definition) is 4. The Kier molecular flexibility index (Phi) is 8.03. The van der Waals surface area contributed by atoms with Crippen LogP contribution in [-0.4, -0.2) is 51.2 Å². The van der Waals surface area contributed by atoms with Gasteiger partial charge in [-0.1, -0.05) is 38.3 Å². The topological polar surface area (TPSA) is 54.2 Å². The van der Waals surface area contributed by atoms with Crippen LogP contribution in [0, 0.1) is 5.92 Å². The molecule has 1 aromatic heterocycles. The van der Waals surface area contributed by atoms with Crippen LogP contribution in [0.3, 0.4) is 0 Å². The Morgan fingerprint density at radius 1 is 1.26 bits per heavy atom. The maximum absolute atomic E-state index is 8.90. The van der Waals surface area contributed by atoms with Crippen molar-refractivity contribution in [1.82, 2.24) is 19.9 Å². The van der Waals surface area contributed by atoms with Crippen LogP contribution in [0.5, 0.6) is 0 Å². The van der Waals surface area contributed by atoms with E-state index in [1.54, 1.807) is 0 Å². The van der Waals surface area contributed by atoms with Gasteiger partial charge >= 0.3 is 0 Å². The van der Waals surface area contributed by atoms with E-state index in [0.717, 1.165) is 24.5 Å². The lowest BCUT2D eigenvalue weighted by Gasteiger charge is -2.34. The van der Waals surface area contributed by atoms with Gasteiger partial charge in [0, 0.05) is 32.4 Å². The number of aliphatic hydroxyl groups excluding tert-OH is 1. The van der Waals surface area contributed by atoms with Gasteiger partial charge in [-0.05, 0) is 38.0 Å². The first-order chi connectivity index (χ1) is 11.3. The maximum atomic E-state index is 8.90. The van der Waals surface area contributed by atoms with Crippen molar-refractivity contribution < 1.29 is 5.11 Å². The molecule has 1 fully saturated rings. The summed E-state index contributed by atoms with van der Waals surface area (Å²) in [7, 11) is 0. The number of rotatable bonds is 10. The van der Waals surface area contributed by atoms with E-state index in [1.807, 2.05) is 0 Å². The quantitative estimate of drug-likeness (QED) is 0.719. The second-order valence-corrected chi connectivity index (χ2v) is 6.97. The van der Waals surface area contributed by atoms with Gasteiger partial charge in [0.25, 0.3) is 0 Å². The smallest absolute Gasteiger partial charge is 0.0828 e. The Labute approximate surface area is 141 Å². The summed E-state index contributed by atoms with van der Waals surface area (Å²) in [6.07, 6.45) is 11.4. The molecule has 2 heterocycles. The monoisotopic (exact) mass is 322 g/mol. The second kappa shape index (κ2) is 10.0. The number of unbranched alkanes of at least 4 members (excludes halogenated alkanes) is 1. The summed E-state index contributed by atoms with van der Waals surface area (Å²) < 4.78 is 2.05. The Balaban J connectivity index is 1.75. The van der Waals surface area contributed by atoms with Gasteiger partial charge in [-0.25, -0.2) is 4.68 Å². The van der Waals surface area contributed by atoms with E-state index >= 15 is 0 Å². The zero-order chi connectivity index (χ0) is 16.5. The minimum Gasteiger partial charge on any atom is -0.396 e. The SMILES string of the molecule is CCCCC(CC)CN1CCC(n2cc(CCCO)nn2)CC1. The van der Waals surface area contributed by atoms with Gasteiger partial charge in [0.05, 0.1) is 11.7 Å². The molecule has 1 aromatic rings. The molecule has 5 nitrogen and oxygen atoms in total. The van der Waals surface area contributed by atoms with Crippen LogP contribution in [0.25, 0.3) is 0 Å². The molecule has 0 amide bonds. The molecule has 0 radical (unpaired) electrons. The van der Waals surface area contributed by atoms with E-state index in [2.05, 4.69) is 39.9 Å².